The summed E-state index contributed by atoms with van der Waals surface area (Å²) in [4.78, 5) is 13.3. The van der Waals surface area contributed by atoms with Crippen molar-refractivity contribution in [1.29, 1.82) is 0 Å². The minimum atomic E-state index is -1.80. The number of nitrogens with one attached hydrogen (secondary N) is 1. The molecule has 472 valence electrons. The number of hydrogen-bond donors (Lipinski definition) is 9. The highest BCUT2D eigenvalue weighted by Crippen LogP contribution is 2.30. The van der Waals surface area contributed by atoms with Crippen LogP contribution in [0.1, 0.15) is 200 Å². The fraction of sp³-hybridized carbons (Fsp3) is 0.667. The first kappa shape index (κ1) is 75.2. The minimum absolute atomic E-state index is 0.231. The van der Waals surface area contributed by atoms with Gasteiger partial charge < -0.3 is 65.1 Å². The molecule has 0 radical (unpaired) electrons. The van der Waals surface area contributed by atoms with E-state index in [1.54, 1.807) is 6.08 Å². The van der Waals surface area contributed by atoms with Crippen molar-refractivity contribution in [2.24, 2.45) is 0 Å². The van der Waals surface area contributed by atoms with Gasteiger partial charge >= 0.3 is 0 Å². The van der Waals surface area contributed by atoms with E-state index >= 15 is 0 Å². The maximum atomic E-state index is 13.3. The highest BCUT2D eigenvalue weighted by Gasteiger charge is 2.51. The first-order chi connectivity index (χ1) is 40.6. The topological polar surface area (TPSA) is 228 Å². The number of ether oxygens (including phenoxy) is 4. The van der Waals surface area contributed by atoms with Crippen molar-refractivity contribution in [3.63, 3.8) is 0 Å². The summed E-state index contributed by atoms with van der Waals surface area (Å²) in [5, 5.41) is 87.2. The number of aliphatic hydroxyl groups excluding tert-OH is 8. The molecular formula is C69H113NO13. The van der Waals surface area contributed by atoms with E-state index < -0.39 is 86.8 Å². The van der Waals surface area contributed by atoms with Crippen molar-refractivity contribution in [3.05, 3.63) is 134 Å². The van der Waals surface area contributed by atoms with Gasteiger partial charge in [0.25, 0.3) is 0 Å². The molecule has 12 atom stereocenters. The summed E-state index contributed by atoms with van der Waals surface area (Å²) in [6.45, 7) is 2.63. The Morgan fingerprint density at radius 2 is 0.843 bits per heavy atom. The van der Waals surface area contributed by atoms with E-state index in [1.807, 2.05) is 6.08 Å². The molecule has 2 saturated heterocycles. The third kappa shape index (κ3) is 37.3. The van der Waals surface area contributed by atoms with Gasteiger partial charge in [-0.05, 0) is 109 Å². The van der Waals surface area contributed by atoms with E-state index in [-0.39, 0.29) is 18.9 Å². The van der Waals surface area contributed by atoms with Crippen molar-refractivity contribution in [1.82, 2.24) is 5.32 Å². The Morgan fingerprint density at radius 3 is 1.33 bits per heavy atom. The van der Waals surface area contributed by atoms with Gasteiger partial charge in [-0.2, -0.15) is 0 Å². The van der Waals surface area contributed by atoms with Gasteiger partial charge in [0.2, 0.25) is 5.91 Å². The molecular weight excluding hydrogens is 1050 g/mol. The molecule has 2 rings (SSSR count). The minimum Gasteiger partial charge on any atom is -0.394 e. The number of carbonyl (C=O) groups is 1. The van der Waals surface area contributed by atoms with Crippen LogP contribution >= 0.6 is 0 Å². The molecule has 2 aliphatic heterocycles. The zero-order chi connectivity index (χ0) is 60.2. The Morgan fingerprint density at radius 1 is 0.446 bits per heavy atom. The molecule has 0 saturated carbocycles. The Hall–Kier alpha value is -3.87. The predicted octanol–water partition coefficient (Wildman–Crippen LogP) is 11.9. The molecule has 0 spiro atoms. The monoisotopic (exact) mass is 1160 g/mol. The number of amides is 1. The third-order valence-electron chi connectivity index (χ3n) is 14.5. The molecule has 0 aromatic heterocycles. The van der Waals surface area contributed by atoms with Crippen LogP contribution in [0.4, 0.5) is 0 Å². The van der Waals surface area contributed by atoms with Gasteiger partial charge in [-0.25, -0.2) is 0 Å². The van der Waals surface area contributed by atoms with Crippen LogP contribution in [0.2, 0.25) is 0 Å². The highest BCUT2D eigenvalue weighted by atomic mass is 16.7. The van der Waals surface area contributed by atoms with Gasteiger partial charge in [0.1, 0.15) is 48.8 Å². The van der Waals surface area contributed by atoms with Crippen molar-refractivity contribution >= 4 is 5.91 Å². The summed E-state index contributed by atoms with van der Waals surface area (Å²) in [7, 11) is 0. The molecule has 2 fully saturated rings. The second-order valence-corrected chi connectivity index (χ2v) is 21.8. The quantitative estimate of drug-likeness (QED) is 0.0204. The van der Waals surface area contributed by atoms with Crippen LogP contribution in [0.5, 0.6) is 0 Å². The standard InChI is InChI=1S/C69H113NO13/c1-3-5-7-9-11-13-15-17-19-21-23-25-26-27-28-29-30-31-32-33-35-37-39-41-43-45-47-49-51-53-61(74)70-57(58(73)52-50-48-46-44-42-40-38-36-34-24-22-20-18-16-14-12-10-8-6-4-2)56-80-68-66(79)64(77)67(60(55-72)82-68)83-69-65(78)63(76)62(75)59(54-71)81-69/h5,7,11,13,17,19,23,25,27-28,30-31,33-36,39,41-42,44,50,52,57-60,62-69,71-73,75-79H,3-4,6,8-10,12,14-16,18,20-22,24,26,29,32,37-38,40,43,45-49,51,53-56H2,1-2H3,(H,70,74)/b7-5-,13-11-,19-17-,25-23-,28-27-,31-30-,35-33-,36-34+,41-39-,44-42+,52-50+. The fourth-order valence-corrected chi connectivity index (χ4v) is 9.45. The highest BCUT2D eigenvalue weighted by molar-refractivity contribution is 5.76. The summed E-state index contributed by atoms with van der Waals surface area (Å²) >= 11 is 0. The molecule has 9 N–H and O–H groups in total. The fourth-order valence-electron chi connectivity index (χ4n) is 9.45. The Labute approximate surface area is 500 Å². The maximum Gasteiger partial charge on any atom is 0.220 e. The third-order valence-corrected chi connectivity index (χ3v) is 14.5. The predicted molar refractivity (Wildman–Crippen MR) is 336 cm³/mol. The molecule has 0 bridgehead atoms. The van der Waals surface area contributed by atoms with E-state index in [9.17, 15) is 45.6 Å². The molecule has 14 nitrogen and oxygen atoms in total. The molecule has 14 heteroatoms. The normalized spacial score (nSPS) is 24.7. The number of carbonyl (C=O) groups excluding carboxylic acids is 1. The van der Waals surface area contributed by atoms with Crippen molar-refractivity contribution in [2.75, 3.05) is 19.8 Å². The summed E-state index contributed by atoms with van der Waals surface area (Å²) in [5.74, 6) is -0.284. The van der Waals surface area contributed by atoms with Crippen LogP contribution in [0.15, 0.2) is 134 Å². The average molecular weight is 1160 g/mol. The van der Waals surface area contributed by atoms with Crippen molar-refractivity contribution < 1.29 is 64.6 Å². The van der Waals surface area contributed by atoms with Crippen molar-refractivity contribution in [2.45, 2.75) is 274 Å². The summed E-state index contributed by atoms with van der Waals surface area (Å²) in [6, 6.07) is -0.963. The van der Waals surface area contributed by atoms with E-state index in [4.69, 9.17) is 18.9 Å². The van der Waals surface area contributed by atoms with Crippen LogP contribution in [-0.2, 0) is 23.7 Å². The molecule has 0 aromatic carbocycles. The lowest BCUT2D eigenvalue weighted by Crippen LogP contribution is -2.65. The molecule has 2 heterocycles. The van der Waals surface area contributed by atoms with Gasteiger partial charge in [0.15, 0.2) is 12.6 Å². The summed E-state index contributed by atoms with van der Waals surface area (Å²) in [6.07, 6.45) is 60.6. The molecule has 1 amide bonds. The maximum absolute atomic E-state index is 13.3. The molecule has 0 aromatic rings. The van der Waals surface area contributed by atoms with Crippen LogP contribution in [-0.4, -0.2) is 140 Å². The summed E-state index contributed by atoms with van der Waals surface area (Å²) in [5.41, 5.74) is 0. The van der Waals surface area contributed by atoms with E-state index in [1.165, 1.54) is 64.2 Å². The number of aliphatic hydroxyl groups is 8. The second-order valence-electron chi connectivity index (χ2n) is 21.8. The Balaban J connectivity index is 1.78. The van der Waals surface area contributed by atoms with Gasteiger partial charge in [0.05, 0.1) is 32.0 Å². The lowest BCUT2D eigenvalue weighted by molar-refractivity contribution is -0.359. The number of unbranched alkanes of at least 4 members (excludes halogenated alkanes) is 16. The van der Waals surface area contributed by atoms with Gasteiger partial charge in [-0.3, -0.25) is 4.79 Å². The molecule has 2 aliphatic rings. The first-order valence-electron chi connectivity index (χ1n) is 31.9. The van der Waals surface area contributed by atoms with Crippen LogP contribution in [0.25, 0.3) is 0 Å². The average Bonchev–Trinajstić information content (AvgIpc) is 3.65. The van der Waals surface area contributed by atoms with Gasteiger partial charge in [0, 0.05) is 6.42 Å². The Bertz CT molecular complexity index is 1900. The van der Waals surface area contributed by atoms with E-state index in [0.29, 0.717) is 12.8 Å². The molecule has 83 heavy (non-hydrogen) atoms. The zero-order valence-electron chi connectivity index (χ0n) is 50.9. The summed E-state index contributed by atoms with van der Waals surface area (Å²) < 4.78 is 22.8. The molecule has 12 unspecified atom stereocenters. The molecule has 0 aliphatic carbocycles. The number of hydrogen-bond acceptors (Lipinski definition) is 13. The van der Waals surface area contributed by atoms with Crippen LogP contribution in [0, 0.1) is 0 Å². The number of allylic oxidation sites excluding steroid dienone is 21. The zero-order valence-corrected chi connectivity index (χ0v) is 50.9. The number of rotatable bonds is 49. The smallest absolute Gasteiger partial charge is 0.220 e. The Kier molecular flexibility index (Phi) is 47.5. The van der Waals surface area contributed by atoms with Crippen LogP contribution < -0.4 is 5.32 Å². The van der Waals surface area contributed by atoms with E-state index in [2.05, 4.69) is 141 Å². The van der Waals surface area contributed by atoms with Crippen molar-refractivity contribution in [3.8, 4) is 0 Å². The van der Waals surface area contributed by atoms with E-state index in [0.717, 1.165) is 103 Å². The lowest BCUT2D eigenvalue weighted by atomic mass is 9.97. The second kappa shape index (κ2) is 52.5. The van der Waals surface area contributed by atoms with Crippen LogP contribution in [0.3, 0.4) is 0 Å². The van der Waals surface area contributed by atoms with Gasteiger partial charge in [-0.1, -0.05) is 218 Å². The lowest BCUT2D eigenvalue weighted by Gasteiger charge is -2.46. The SMILES string of the molecule is CC/C=C\C/C=C\C/C=C\C/C=C\C/C=C\C/C=C\C/C=C\C/C=C\CCCCCCC(=O)NC(COC1OC(CO)C(OC2OC(CO)C(O)C(O)C2O)C(O)C1O)C(O)/C=C/CC/C=C/CC/C=C/CCCCCCCCCCCC. The first-order valence-corrected chi connectivity index (χ1v) is 31.9. The van der Waals surface area contributed by atoms with Gasteiger partial charge in [-0.15, -0.1) is 0 Å². The largest absolute Gasteiger partial charge is 0.394 e.